The number of unbranched alkanes of at least 4 members (excludes halogenated alkanes) is 1. The van der Waals surface area contributed by atoms with Crippen LogP contribution < -0.4 is 14.8 Å². The summed E-state index contributed by atoms with van der Waals surface area (Å²) >= 11 is 0. The van der Waals surface area contributed by atoms with Gasteiger partial charge in [-0.3, -0.25) is 10.1 Å². The van der Waals surface area contributed by atoms with Crippen LogP contribution in [0.4, 0.5) is 4.79 Å². The normalized spacial score (nSPS) is 17.8. The fourth-order valence-electron chi connectivity index (χ4n) is 3.29. The molecule has 1 saturated heterocycles. The lowest BCUT2D eigenvalue weighted by Crippen LogP contribution is -2.46. The molecule has 0 aromatic heterocycles. The van der Waals surface area contributed by atoms with Gasteiger partial charge in [-0.25, -0.2) is 17.9 Å². The molecular formula is C22H31N3O5S. The van der Waals surface area contributed by atoms with Crippen LogP contribution in [0.5, 0.6) is 5.75 Å². The molecular weight excluding hydrogens is 418 g/mol. The molecule has 0 bridgehead atoms. The Bertz CT molecular complexity index is 938. The largest absolute Gasteiger partial charge is 0.493 e. The highest BCUT2D eigenvalue weighted by Crippen LogP contribution is 2.30. The number of ether oxygens (including phenoxy) is 1. The summed E-state index contributed by atoms with van der Waals surface area (Å²) in [7, 11) is -3.68. The fraction of sp³-hybridized carbons (Fsp3) is 0.545. The molecule has 1 heterocycles. The van der Waals surface area contributed by atoms with Crippen molar-refractivity contribution in [2.45, 2.75) is 62.8 Å². The van der Waals surface area contributed by atoms with Gasteiger partial charge in [0.05, 0.1) is 11.5 Å². The molecule has 1 aromatic carbocycles. The average molecular weight is 450 g/mol. The number of rotatable bonds is 11. The van der Waals surface area contributed by atoms with E-state index in [9.17, 15) is 18.0 Å². The molecule has 8 nitrogen and oxygen atoms in total. The Kier molecular flexibility index (Phi) is 7.38. The summed E-state index contributed by atoms with van der Waals surface area (Å²) in [6, 6.07) is 6.19. The molecule has 170 valence electrons. The maximum absolute atomic E-state index is 12.8. The molecule has 31 heavy (non-hydrogen) atoms. The Balaban J connectivity index is 1.47. The van der Waals surface area contributed by atoms with Gasteiger partial charge in [0.2, 0.25) is 15.9 Å². The van der Waals surface area contributed by atoms with E-state index < -0.39 is 21.6 Å². The minimum Gasteiger partial charge on any atom is -0.493 e. The molecule has 9 heteroatoms. The summed E-state index contributed by atoms with van der Waals surface area (Å²) in [6.07, 6.45) is 8.23. The SMILES string of the molecule is CC(C)(CCC/C=C/N1CCC(=O)NC1=O)NS(=O)(=O)c1cccc(OCC2CC2)c1. The summed E-state index contributed by atoms with van der Waals surface area (Å²) in [5.74, 6) is 0.906. The number of nitrogens with one attached hydrogen (secondary N) is 2. The van der Waals surface area contributed by atoms with Crippen LogP contribution in [0.2, 0.25) is 0 Å². The fourth-order valence-corrected chi connectivity index (χ4v) is 4.76. The predicted octanol–water partition coefficient (Wildman–Crippen LogP) is 3.16. The second-order valence-corrected chi connectivity index (χ2v) is 10.5. The van der Waals surface area contributed by atoms with E-state index in [1.54, 1.807) is 30.5 Å². The van der Waals surface area contributed by atoms with Crippen LogP contribution in [0.25, 0.3) is 0 Å². The molecule has 1 saturated carbocycles. The van der Waals surface area contributed by atoms with Crippen LogP contribution in [0.15, 0.2) is 41.4 Å². The quantitative estimate of drug-likeness (QED) is 0.505. The lowest BCUT2D eigenvalue weighted by atomic mass is 9.99. The first-order valence-electron chi connectivity index (χ1n) is 10.7. The number of amides is 3. The van der Waals surface area contributed by atoms with Gasteiger partial charge in [-0.2, -0.15) is 0 Å². The molecule has 1 aromatic rings. The molecule has 3 amide bonds. The zero-order valence-corrected chi connectivity index (χ0v) is 18.9. The number of sulfonamides is 1. The van der Waals surface area contributed by atoms with Crippen LogP contribution in [-0.2, 0) is 14.8 Å². The van der Waals surface area contributed by atoms with Crippen molar-refractivity contribution in [3.05, 3.63) is 36.5 Å². The monoisotopic (exact) mass is 449 g/mol. The lowest BCUT2D eigenvalue weighted by molar-refractivity contribution is -0.121. The third kappa shape index (κ3) is 7.36. The molecule has 3 rings (SSSR count). The third-order valence-corrected chi connectivity index (χ3v) is 6.95. The number of urea groups is 1. The van der Waals surface area contributed by atoms with E-state index in [0.29, 0.717) is 37.7 Å². The highest BCUT2D eigenvalue weighted by atomic mass is 32.2. The highest BCUT2D eigenvalue weighted by Gasteiger charge is 2.27. The van der Waals surface area contributed by atoms with E-state index in [1.165, 1.54) is 17.7 Å². The van der Waals surface area contributed by atoms with Gasteiger partial charge in [-0.15, -0.1) is 0 Å². The Hall–Kier alpha value is -2.39. The first-order valence-corrected chi connectivity index (χ1v) is 12.2. The molecule has 1 aliphatic heterocycles. The van der Waals surface area contributed by atoms with Gasteiger partial charge in [-0.05, 0) is 64.0 Å². The van der Waals surface area contributed by atoms with Gasteiger partial charge < -0.3 is 9.64 Å². The second-order valence-electron chi connectivity index (χ2n) is 8.79. The van der Waals surface area contributed by atoms with Crippen molar-refractivity contribution in [2.75, 3.05) is 13.2 Å². The van der Waals surface area contributed by atoms with E-state index in [1.807, 2.05) is 19.9 Å². The maximum atomic E-state index is 12.8. The number of carbonyl (C=O) groups excluding carboxylic acids is 2. The van der Waals surface area contributed by atoms with Crippen LogP contribution in [0.3, 0.4) is 0 Å². The van der Waals surface area contributed by atoms with Crippen LogP contribution in [0.1, 0.15) is 52.4 Å². The van der Waals surface area contributed by atoms with Crippen molar-refractivity contribution in [3.8, 4) is 5.75 Å². The molecule has 0 atom stereocenters. The summed E-state index contributed by atoms with van der Waals surface area (Å²) in [5.41, 5.74) is -0.632. The van der Waals surface area contributed by atoms with Crippen molar-refractivity contribution in [2.24, 2.45) is 5.92 Å². The summed E-state index contributed by atoms with van der Waals surface area (Å²) in [4.78, 5) is 24.5. The first kappa shape index (κ1) is 23.3. The number of carbonyl (C=O) groups is 2. The molecule has 2 aliphatic rings. The number of allylic oxidation sites excluding steroid dienone is 1. The number of nitrogens with zero attached hydrogens (tertiary/aromatic N) is 1. The Morgan fingerprint density at radius 1 is 1.29 bits per heavy atom. The molecule has 2 fully saturated rings. The molecule has 1 aliphatic carbocycles. The third-order valence-electron chi connectivity index (χ3n) is 5.25. The van der Waals surface area contributed by atoms with Crippen molar-refractivity contribution >= 4 is 22.0 Å². The molecule has 0 radical (unpaired) electrons. The average Bonchev–Trinajstić information content (AvgIpc) is 3.51. The van der Waals surface area contributed by atoms with Crippen LogP contribution in [-0.4, -0.2) is 43.9 Å². The van der Waals surface area contributed by atoms with Crippen molar-refractivity contribution in [1.29, 1.82) is 0 Å². The van der Waals surface area contributed by atoms with Gasteiger partial charge in [0, 0.05) is 30.8 Å². The summed E-state index contributed by atoms with van der Waals surface area (Å²) in [6.45, 7) is 4.71. The highest BCUT2D eigenvalue weighted by molar-refractivity contribution is 7.89. The minimum atomic E-state index is -3.68. The first-order chi connectivity index (χ1) is 14.6. The molecule has 0 unspecified atom stereocenters. The van der Waals surface area contributed by atoms with Gasteiger partial charge in [0.1, 0.15) is 5.75 Å². The van der Waals surface area contributed by atoms with E-state index in [0.717, 1.165) is 6.42 Å². The van der Waals surface area contributed by atoms with Crippen molar-refractivity contribution in [1.82, 2.24) is 14.9 Å². The maximum Gasteiger partial charge on any atom is 0.328 e. The van der Waals surface area contributed by atoms with Crippen LogP contribution in [0, 0.1) is 5.92 Å². The standard InChI is InChI=1S/C22H31N3O5S/c1-22(2,12-4-3-5-13-25-14-11-20(26)23-21(25)27)24-31(28,29)19-8-6-7-18(15-19)30-16-17-9-10-17/h5-8,13,15,17,24H,3-4,9-12,14,16H2,1-2H3,(H,23,26,27)/b13-5+. The number of hydrogen-bond donors (Lipinski definition) is 2. The second kappa shape index (κ2) is 9.82. The van der Waals surface area contributed by atoms with E-state index >= 15 is 0 Å². The van der Waals surface area contributed by atoms with E-state index in [4.69, 9.17) is 4.74 Å². The minimum absolute atomic E-state index is 0.194. The van der Waals surface area contributed by atoms with Gasteiger partial charge in [0.25, 0.3) is 0 Å². The lowest BCUT2D eigenvalue weighted by Gasteiger charge is -2.26. The Morgan fingerprint density at radius 2 is 2.06 bits per heavy atom. The van der Waals surface area contributed by atoms with Gasteiger partial charge in [-0.1, -0.05) is 12.1 Å². The predicted molar refractivity (Wildman–Crippen MR) is 117 cm³/mol. The zero-order valence-electron chi connectivity index (χ0n) is 18.1. The number of imide groups is 1. The van der Waals surface area contributed by atoms with Crippen molar-refractivity contribution < 1.29 is 22.7 Å². The number of hydrogen-bond acceptors (Lipinski definition) is 5. The smallest absolute Gasteiger partial charge is 0.328 e. The Labute approximate surface area is 184 Å². The Morgan fingerprint density at radius 3 is 2.77 bits per heavy atom. The summed E-state index contributed by atoms with van der Waals surface area (Å²) < 4.78 is 34.2. The van der Waals surface area contributed by atoms with Gasteiger partial charge in [0.15, 0.2) is 0 Å². The topological polar surface area (TPSA) is 105 Å². The van der Waals surface area contributed by atoms with Crippen LogP contribution >= 0.6 is 0 Å². The van der Waals surface area contributed by atoms with Gasteiger partial charge >= 0.3 is 6.03 Å². The zero-order chi connectivity index (χ0) is 22.5. The van der Waals surface area contributed by atoms with Crippen molar-refractivity contribution in [3.63, 3.8) is 0 Å². The number of benzene rings is 1. The molecule has 0 spiro atoms. The molecule has 2 N–H and O–H groups in total. The van der Waals surface area contributed by atoms with E-state index in [2.05, 4.69) is 10.0 Å². The summed E-state index contributed by atoms with van der Waals surface area (Å²) in [5, 5.41) is 2.27. The van der Waals surface area contributed by atoms with E-state index in [-0.39, 0.29) is 17.2 Å².